The van der Waals surface area contributed by atoms with Crippen molar-refractivity contribution in [3.05, 3.63) is 23.8 Å². The highest BCUT2D eigenvalue weighted by atomic mass is 16.5. The zero-order valence-corrected chi connectivity index (χ0v) is 12.3. The van der Waals surface area contributed by atoms with Gasteiger partial charge >= 0.3 is 0 Å². The first-order chi connectivity index (χ1) is 10.0. The number of nitrogens with one attached hydrogen (secondary N) is 1. The van der Waals surface area contributed by atoms with E-state index < -0.39 is 0 Å². The van der Waals surface area contributed by atoms with Crippen LogP contribution in [0.15, 0.2) is 18.2 Å². The van der Waals surface area contributed by atoms with Crippen molar-refractivity contribution in [2.45, 2.75) is 25.8 Å². The SMILES string of the molecule is COc1ccc(O)c(C(=O)N2CCC(NC(C)=O)CC2)c1. The molecule has 1 fully saturated rings. The van der Waals surface area contributed by atoms with Crippen molar-refractivity contribution in [2.75, 3.05) is 20.2 Å². The number of rotatable bonds is 3. The number of aromatic hydroxyl groups is 1. The number of amides is 2. The number of hydrogen-bond donors (Lipinski definition) is 2. The van der Waals surface area contributed by atoms with Crippen LogP contribution in [0.2, 0.25) is 0 Å². The molecule has 0 radical (unpaired) electrons. The highest BCUT2D eigenvalue weighted by Crippen LogP contribution is 2.25. The minimum absolute atomic E-state index is 0.0507. The second-order valence-electron chi connectivity index (χ2n) is 5.15. The molecular weight excluding hydrogens is 272 g/mol. The lowest BCUT2D eigenvalue weighted by Crippen LogP contribution is -2.46. The first-order valence-electron chi connectivity index (χ1n) is 6.94. The lowest BCUT2D eigenvalue weighted by molar-refractivity contribution is -0.119. The van der Waals surface area contributed by atoms with Crippen molar-refractivity contribution in [3.63, 3.8) is 0 Å². The highest BCUT2D eigenvalue weighted by Gasteiger charge is 2.25. The predicted octanol–water partition coefficient (Wildman–Crippen LogP) is 1.14. The Morgan fingerprint density at radius 3 is 2.57 bits per heavy atom. The minimum Gasteiger partial charge on any atom is -0.507 e. The molecule has 0 spiro atoms. The van der Waals surface area contributed by atoms with Crippen LogP contribution in [-0.2, 0) is 4.79 Å². The minimum atomic E-state index is -0.215. The summed E-state index contributed by atoms with van der Waals surface area (Å²) in [6.07, 6.45) is 1.44. The largest absolute Gasteiger partial charge is 0.507 e. The summed E-state index contributed by atoms with van der Waals surface area (Å²) in [5.74, 6) is 0.215. The van der Waals surface area contributed by atoms with Gasteiger partial charge in [0, 0.05) is 26.1 Å². The zero-order valence-electron chi connectivity index (χ0n) is 12.3. The monoisotopic (exact) mass is 292 g/mol. The molecule has 21 heavy (non-hydrogen) atoms. The maximum absolute atomic E-state index is 12.4. The van der Waals surface area contributed by atoms with E-state index in [1.165, 1.54) is 26.2 Å². The van der Waals surface area contributed by atoms with E-state index in [2.05, 4.69) is 5.32 Å². The molecule has 6 nitrogen and oxygen atoms in total. The number of phenols is 1. The van der Waals surface area contributed by atoms with Gasteiger partial charge in [-0.15, -0.1) is 0 Å². The van der Waals surface area contributed by atoms with Gasteiger partial charge < -0.3 is 20.1 Å². The molecule has 1 aliphatic rings. The summed E-state index contributed by atoms with van der Waals surface area (Å²) in [6, 6.07) is 4.72. The third-order valence-electron chi connectivity index (χ3n) is 3.62. The quantitative estimate of drug-likeness (QED) is 0.875. The van der Waals surface area contributed by atoms with Crippen molar-refractivity contribution < 1.29 is 19.4 Å². The van der Waals surface area contributed by atoms with Gasteiger partial charge in [0.25, 0.3) is 5.91 Å². The summed E-state index contributed by atoms with van der Waals surface area (Å²) >= 11 is 0. The second kappa shape index (κ2) is 6.47. The van der Waals surface area contributed by atoms with Crippen molar-refractivity contribution in [1.82, 2.24) is 10.2 Å². The van der Waals surface area contributed by atoms with Gasteiger partial charge in [-0.1, -0.05) is 0 Å². The van der Waals surface area contributed by atoms with Gasteiger partial charge in [0.05, 0.1) is 12.7 Å². The van der Waals surface area contributed by atoms with Gasteiger partial charge in [-0.25, -0.2) is 0 Å². The fraction of sp³-hybridized carbons (Fsp3) is 0.467. The van der Waals surface area contributed by atoms with Crippen molar-refractivity contribution in [3.8, 4) is 11.5 Å². The first-order valence-corrected chi connectivity index (χ1v) is 6.94. The fourth-order valence-corrected chi connectivity index (χ4v) is 2.50. The zero-order chi connectivity index (χ0) is 15.4. The predicted molar refractivity (Wildman–Crippen MR) is 77.4 cm³/mol. The molecule has 1 aliphatic heterocycles. The van der Waals surface area contributed by atoms with Crippen LogP contribution >= 0.6 is 0 Å². The Hall–Kier alpha value is -2.24. The third-order valence-corrected chi connectivity index (χ3v) is 3.62. The molecule has 114 valence electrons. The standard InChI is InChI=1S/C15H20N2O4/c1-10(18)16-11-5-7-17(8-6-11)15(20)13-9-12(21-2)3-4-14(13)19/h3-4,9,11,19H,5-8H2,1-2H3,(H,16,18). The van der Waals surface area contributed by atoms with E-state index >= 15 is 0 Å². The number of piperidine rings is 1. The van der Waals surface area contributed by atoms with Crippen molar-refractivity contribution in [2.24, 2.45) is 0 Å². The van der Waals surface area contributed by atoms with Gasteiger partial charge in [0.2, 0.25) is 5.91 Å². The van der Waals surface area contributed by atoms with E-state index in [1.54, 1.807) is 11.0 Å². The molecule has 0 atom stereocenters. The Bertz CT molecular complexity index is 536. The molecular formula is C15H20N2O4. The average molecular weight is 292 g/mol. The van der Waals surface area contributed by atoms with Crippen LogP contribution < -0.4 is 10.1 Å². The van der Waals surface area contributed by atoms with E-state index in [1.807, 2.05) is 0 Å². The van der Waals surface area contributed by atoms with Crippen molar-refractivity contribution in [1.29, 1.82) is 0 Å². The molecule has 1 saturated heterocycles. The molecule has 0 aliphatic carbocycles. The number of benzene rings is 1. The summed E-state index contributed by atoms with van der Waals surface area (Å²) in [6.45, 7) is 2.60. The molecule has 1 aromatic carbocycles. The smallest absolute Gasteiger partial charge is 0.257 e. The van der Waals surface area contributed by atoms with E-state index in [9.17, 15) is 14.7 Å². The molecule has 0 unspecified atom stereocenters. The summed E-state index contributed by atoms with van der Waals surface area (Å²) in [4.78, 5) is 25.2. The van der Waals surface area contributed by atoms with Gasteiger partial charge in [-0.3, -0.25) is 9.59 Å². The van der Waals surface area contributed by atoms with Gasteiger partial charge in [-0.2, -0.15) is 0 Å². The van der Waals surface area contributed by atoms with E-state index in [-0.39, 0.29) is 29.2 Å². The summed E-state index contributed by atoms with van der Waals surface area (Å²) in [7, 11) is 1.51. The van der Waals surface area contributed by atoms with Crippen LogP contribution in [0.4, 0.5) is 0 Å². The highest BCUT2D eigenvalue weighted by molar-refractivity contribution is 5.97. The third kappa shape index (κ3) is 3.65. The van der Waals surface area contributed by atoms with Crippen LogP contribution in [0.25, 0.3) is 0 Å². The summed E-state index contributed by atoms with van der Waals surface area (Å²) in [5.41, 5.74) is 0.243. The van der Waals surface area contributed by atoms with E-state index in [4.69, 9.17) is 4.74 Å². The Kier molecular flexibility index (Phi) is 4.67. The van der Waals surface area contributed by atoms with Gasteiger partial charge in [-0.05, 0) is 31.0 Å². The Morgan fingerprint density at radius 2 is 2.00 bits per heavy atom. The number of ether oxygens (including phenoxy) is 1. The number of carbonyl (C=O) groups is 2. The normalized spacial score (nSPS) is 15.6. The maximum Gasteiger partial charge on any atom is 0.257 e. The van der Waals surface area contributed by atoms with Gasteiger partial charge in [0.1, 0.15) is 11.5 Å². The number of carbonyl (C=O) groups excluding carboxylic acids is 2. The second-order valence-corrected chi connectivity index (χ2v) is 5.15. The van der Waals surface area contributed by atoms with E-state index in [0.29, 0.717) is 18.8 Å². The molecule has 6 heteroatoms. The van der Waals surface area contributed by atoms with Crippen LogP contribution in [0.3, 0.4) is 0 Å². The van der Waals surface area contributed by atoms with Crippen LogP contribution in [0.1, 0.15) is 30.1 Å². The van der Waals surface area contributed by atoms with Crippen LogP contribution in [0.5, 0.6) is 11.5 Å². The first kappa shape index (κ1) is 15.2. The molecule has 1 aromatic rings. The summed E-state index contributed by atoms with van der Waals surface area (Å²) in [5, 5.41) is 12.7. The van der Waals surface area contributed by atoms with Crippen LogP contribution in [-0.4, -0.2) is 48.1 Å². The topological polar surface area (TPSA) is 78.9 Å². The van der Waals surface area contributed by atoms with Crippen molar-refractivity contribution >= 4 is 11.8 Å². The Balaban J connectivity index is 2.03. The molecule has 2 rings (SSSR count). The lowest BCUT2D eigenvalue weighted by Gasteiger charge is -2.32. The Labute approximate surface area is 123 Å². The molecule has 0 bridgehead atoms. The Morgan fingerprint density at radius 1 is 1.33 bits per heavy atom. The molecule has 0 aromatic heterocycles. The summed E-state index contributed by atoms with van der Waals surface area (Å²) < 4.78 is 5.08. The molecule has 0 saturated carbocycles. The molecule has 1 heterocycles. The number of phenolic OH excluding ortho intramolecular Hbond substituents is 1. The lowest BCUT2D eigenvalue weighted by atomic mass is 10.0. The number of hydrogen-bond acceptors (Lipinski definition) is 4. The van der Waals surface area contributed by atoms with Gasteiger partial charge in [0.15, 0.2) is 0 Å². The maximum atomic E-state index is 12.4. The number of nitrogens with zero attached hydrogens (tertiary/aromatic N) is 1. The molecule has 2 amide bonds. The average Bonchev–Trinajstić information content (AvgIpc) is 2.47. The fourth-order valence-electron chi connectivity index (χ4n) is 2.50. The number of methoxy groups -OCH3 is 1. The van der Waals surface area contributed by atoms with Crippen LogP contribution in [0, 0.1) is 0 Å². The van der Waals surface area contributed by atoms with E-state index in [0.717, 1.165) is 12.8 Å². The molecule has 2 N–H and O–H groups in total. The number of likely N-dealkylation sites (tertiary alicyclic amines) is 1.